The van der Waals surface area contributed by atoms with E-state index < -0.39 is 0 Å². The van der Waals surface area contributed by atoms with Crippen LogP contribution in [0.15, 0.2) is 6.55 Å². The zero-order chi connectivity index (χ0) is 3.41. The van der Waals surface area contributed by atoms with E-state index in [-0.39, 0.29) is 0 Å². The Labute approximate surface area is 52.8 Å². The zero-order valence-corrected chi connectivity index (χ0v) is 6.89. The molecular weight excluding hydrogens is 272 g/mol. The van der Waals surface area contributed by atoms with Crippen molar-refractivity contribution in [1.82, 2.24) is 0 Å². The summed E-state index contributed by atoms with van der Waals surface area (Å²) in [6, 6.07) is 0. The second kappa shape index (κ2) is 4.24. The average Bonchev–Trinajstić information content (AvgIpc) is 1.37. The predicted molar refractivity (Wildman–Crippen MR) is 16.4 cm³/mol. The van der Waals surface area contributed by atoms with Gasteiger partial charge in [0.05, 0.1) is 0 Å². The monoisotopic (exact) mass is 270 g/mol. The van der Waals surface area contributed by atoms with Gasteiger partial charge in [0.2, 0.25) is 0 Å². The summed E-state index contributed by atoms with van der Waals surface area (Å²) in [7, 11) is 0. The molecular formula is N2Sb2. The van der Waals surface area contributed by atoms with Crippen LogP contribution >= 0.6 is 0 Å². The summed E-state index contributed by atoms with van der Waals surface area (Å²) < 4.78 is 6.87. The summed E-state index contributed by atoms with van der Waals surface area (Å²) in [6.45, 7) is 0. The first-order chi connectivity index (χ1) is 1.91. The van der Waals surface area contributed by atoms with E-state index >= 15 is 0 Å². The van der Waals surface area contributed by atoms with Crippen LogP contribution in [0.4, 0.5) is 0 Å². The van der Waals surface area contributed by atoms with Crippen molar-refractivity contribution in [2.24, 2.45) is 6.55 Å². The SMILES string of the molecule is [Sb][N]=[N][Sb]. The van der Waals surface area contributed by atoms with Crippen molar-refractivity contribution in [3.63, 3.8) is 0 Å². The quantitative estimate of drug-likeness (QED) is 0.423. The molecule has 4 radical (unpaired) electrons. The van der Waals surface area contributed by atoms with Gasteiger partial charge in [0.15, 0.2) is 0 Å². The zero-order valence-electron chi connectivity index (χ0n) is 1.79. The van der Waals surface area contributed by atoms with Crippen molar-refractivity contribution in [3.8, 4) is 0 Å². The first-order valence-corrected chi connectivity index (χ1v) is 2.88. The molecule has 4 heteroatoms. The second-order valence-corrected chi connectivity index (χ2v) is 1.20. The molecule has 0 saturated heterocycles. The molecule has 0 spiro atoms. The van der Waals surface area contributed by atoms with Crippen LogP contribution in [0.1, 0.15) is 0 Å². The van der Waals surface area contributed by atoms with Gasteiger partial charge in [0.25, 0.3) is 0 Å². The molecule has 0 aliphatic carbocycles. The van der Waals surface area contributed by atoms with Gasteiger partial charge in [0.1, 0.15) is 0 Å². The Bertz CT molecular complexity index is 19.2. The topological polar surface area (TPSA) is 24.7 Å². The predicted octanol–water partition coefficient (Wildman–Crippen LogP) is -0.394. The number of hydrogen-bond donors (Lipinski definition) is 0. The van der Waals surface area contributed by atoms with Crippen LogP contribution in [0.2, 0.25) is 0 Å². The summed E-state index contributed by atoms with van der Waals surface area (Å²) in [6.07, 6.45) is 0. The van der Waals surface area contributed by atoms with Gasteiger partial charge in [-0.25, -0.2) is 0 Å². The van der Waals surface area contributed by atoms with Crippen molar-refractivity contribution in [2.75, 3.05) is 0 Å². The summed E-state index contributed by atoms with van der Waals surface area (Å²) in [4.78, 5) is 0. The summed E-state index contributed by atoms with van der Waals surface area (Å²) >= 11 is 2.73. The third-order valence-corrected chi connectivity index (χ3v) is 1.80. The molecule has 2 nitrogen and oxygen atoms in total. The minimum absolute atomic E-state index is 1.37. The molecule has 0 heterocycles. The summed E-state index contributed by atoms with van der Waals surface area (Å²) in [5, 5.41) is 0. The van der Waals surface area contributed by atoms with E-state index in [1.54, 1.807) is 0 Å². The van der Waals surface area contributed by atoms with Gasteiger partial charge >= 0.3 is 53.1 Å². The van der Waals surface area contributed by atoms with Crippen LogP contribution in [0, 0.1) is 0 Å². The molecule has 4 heavy (non-hydrogen) atoms. The van der Waals surface area contributed by atoms with Crippen LogP contribution in [-0.4, -0.2) is 46.6 Å². The molecule has 0 atom stereocenters. The van der Waals surface area contributed by atoms with Gasteiger partial charge in [0, 0.05) is 0 Å². The third-order valence-electron chi connectivity index (χ3n) is 0.0400. The Kier molecular flexibility index (Phi) is 5.55. The van der Waals surface area contributed by atoms with Crippen molar-refractivity contribution in [1.29, 1.82) is 0 Å². The van der Waals surface area contributed by atoms with Crippen LogP contribution in [0.5, 0.6) is 0 Å². The number of hydrogen-bond acceptors (Lipinski definition) is 2. The Hall–Kier alpha value is 1.24. The van der Waals surface area contributed by atoms with E-state index in [1.165, 1.54) is 46.6 Å². The van der Waals surface area contributed by atoms with E-state index in [9.17, 15) is 0 Å². The van der Waals surface area contributed by atoms with E-state index in [1.807, 2.05) is 0 Å². The Balaban J connectivity index is 2.55. The fourth-order valence-electron chi connectivity index (χ4n) is 0. The summed E-state index contributed by atoms with van der Waals surface area (Å²) in [5.74, 6) is 0. The van der Waals surface area contributed by atoms with Crippen LogP contribution in [0.3, 0.4) is 0 Å². The maximum atomic E-state index is 3.43. The van der Waals surface area contributed by atoms with Gasteiger partial charge in [-0.2, -0.15) is 0 Å². The molecule has 0 saturated carbocycles. The molecule has 20 valence electrons. The Morgan fingerprint density at radius 2 is 1.25 bits per heavy atom. The number of rotatable bonds is 0. The molecule has 0 aromatic carbocycles. The van der Waals surface area contributed by atoms with Gasteiger partial charge < -0.3 is 0 Å². The first kappa shape index (κ1) is 5.24. The van der Waals surface area contributed by atoms with E-state index in [0.717, 1.165) is 0 Å². The summed E-state index contributed by atoms with van der Waals surface area (Å²) in [5.41, 5.74) is 0. The van der Waals surface area contributed by atoms with E-state index in [2.05, 4.69) is 6.55 Å². The van der Waals surface area contributed by atoms with Crippen molar-refractivity contribution < 1.29 is 0 Å². The number of nitrogens with zero attached hydrogens (tertiary/aromatic N) is 2. The first-order valence-electron chi connectivity index (χ1n) is 0.600. The Morgan fingerprint density at radius 1 is 1.00 bits per heavy atom. The third kappa shape index (κ3) is 3.24. The molecule has 0 amide bonds. The standard InChI is InChI=1S/N2.2Sb/c1-2;;/q-2;2*+1. The van der Waals surface area contributed by atoms with Gasteiger partial charge in [-0.1, -0.05) is 0 Å². The fourth-order valence-corrected chi connectivity index (χ4v) is 0. The molecule has 0 aromatic rings. The van der Waals surface area contributed by atoms with Gasteiger partial charge in [-0.15, -0.1) is 0 Å². The van der Waals surface area contributed by atoms with E-state index in [4.69, 9.17) is 0 Å². The molecule has 0 N–H and O–H groups in total. The molecule has 0 fully saturated rings. The van der Waals surface area contributed by atoms with E-state index in [0.29, 0.717) is 0 Å². The van der Waals surface area contributed by atoms with Crippen molar-refractivity contribution >= 4 is 46.6 Å². The van der Waals surface area contributed by atoms with Gasteiger partial charge in [-0.05, 0) is 0 Å². The normalized spacial score (nSPS) is 9.50. The molecule has 0 unspecified atom stereocenters. The molecule has 0 aliphatic rings. The molecule has 0 rings (SSSR count). The van der Waals surface area contributed by atoms with Gasteiger partial charge in [-0.3, -0.25) is 0 Å². The van der Waals surface area contributed by atoms with Crippen LogP contribution in [-0.2, 0) is 0 Å². The molecule has 0 aromatic heterocycles. The average molecular weight is 272 g/mol. The van der Waals surface area contributed by atoms with Crippen LogP contribution in [0.25, 0.3) is 0 Å². The van der Waals surface area contributed by atoms with Crippen molar-refractivity contribution in [2.45, 2.75) is 0 Å². The maximum absolute atomic E-state index is 3.43. The molecule has 0 aliphatic heterocycles. The van der Waals surface area contributed by atoms with Crippen LogP contribution < -0.4 is 0 Å². The second-order valence-electron chi connectivity index (χ2n) is 0.179. The minimum atomic E-state index is 1.37. The molecule has 0 bridgehead atoms. The van der Waals surface area contributed by atoms with Crippen molar-refractivity contribution in [3.05, 3.63) is 0 Å². The fraction of sp³-hybridized carbons (Fsp3) is 0. The Morgan fingerprint density at radius 3 is 1.25 bits per heavy atom.